The highest BCUT2D eigenvalue weighted by Crippen LogP contribution is 2.40. The molecule has 0 aromatic heterocycles. The fourth-order valence-corrected chi connectivity index (χ4v) is 4.00. The lowest BCUT2D eigenvalue weighted by atomic mass is 9.88. The average molecular weight is 412 g/mol. The third kappa shape index (κ3) is 4.83. The summed E-state index contributed by atoms with van der Waals surface area (Å²) in [5, 5.41) is 28.9. The van der Waals surface area contributed by atoms with E-state index in [1.165, 1.54) is 12.1 Å². The van der Waals surface area contributed by atoms with Crippen molar-refractivity contribution in [1.82, 2.24) is 0 Å². The van der Waals surface area contributed by atoms with Gasteiger partial charge in [0.05, 0.1) is 18.6 Å². The summed E-state index contributed by atoms with van der Waals surface area (Å²) >= 11 is 0. The molecule has 0 saturated carbocycles. The Hall–Kier alpha value is -2.83. The Morgan fingerprint density at radius 3 is 2.43 bits per heavy atom. The summed E-state index contributed by atoms with van der Waals surface area (Å²) in [4.78, 5) is 10.7. The first-order chi connectivity index (χ1) is 14.3. The molecule has 0 fully saturated rings. The van der Waals surface area contributed by atoms with Crippen LogP contribution in [0.4, 0.5) is 10.1 Å². The lowest BCUT2D eigenvalue weighted by Crippen LogP contribution is -2.23. The number of nitrogens with zero attached hydrogens (tertiary/aromatic N) is 1. The maximum Gasteiger partial charge on any atom is 0.305 e. The van der Waals surface area contributed by atoms with Gasteiger partial charge in [-0.3, -0.25) is 4.79 Å². The standard InChI is InChI=1S/C24H26FNO4/c1-15(2)26-21-6-4-3-5-20(21)24(16-7-9-17(25)10-8-16)22(26)12-11-18(27)13-19(28)14-23(29)30/h3-12,15,18-19,24,27-28H,13-14H2,1-2H3/p+1. The summed E-state index contributed by atoms with van der Waals surface area (Å²) in [7, 11) is 0. The quantitative estimate of drug-likeness (QED) is 0.579. The van der Waals surface area contributed by atoms with Gasteiger partial charge in [-0.15, -0.1) is 0 Å². The van der Waals surface area contributed by atoms with Crippen LogP contribution in [-0.4, -0.2) is 49.8 Å². The number of fused-ring (bicyclic) bond motifs is 1. The molecule has 3 unspecified atom stereocenters. The number of carbonyl (C=O) groups is 1. The van der Waals surface area contributed by atoms with E-state index in [9.17, 15) is 19.4 Å². The lowest BCUT2D eigenvalue weighted by Gasteiger charge is -2.12. The molecule has 5 nitrogen and oxygen atoms in total. The molecule has 3 atom stereocenters. The second-order valence-corrected chi connectivity index (χ2v) is 7.85. The molecule has 0 radical (unpaired) electrons. The molecular formula is C24H27FNO4+. The van der Waals surface area contributed by atoms with E-state index < -0.39 is 24.6 Å². The molecule has 3 rings (SSSR count). The summed E-state index contributed by atoms with van der Waals surface area (Å²) in [6, 6.07) is 14.6. The number of carboxylic acid groups (broad SMARTS) is 1. The lowest BCUT2D eigenvalue weighted by molar-refractivity contribution is -0.472. The van der Waals surface area contributed by atoms with E-state index in [0.29, 0.717) is 0 Å². The molecule has 3 N–H and O–H groups in total. The second-order valence-electron chi connectivity index (χ2n) is 7.85. The maximum atomic E-state index is 13.5. The van der Waals surface area contributed by atoms with Gasteiger partial charge in [-0.05, 0) is 37.6 Å². The van der Waals surface area contributed by atoms with Gasteiger partial charge in [0, 0.05) is 24.1 Å². The smallest absolute Gasteiger partial charge is 0.305 e. The van der Waals surface area contributed by atoms with Gasteiger partial charge in [0.25, 0.3) is 0 Å². The van der Waals surface area contributed by atoms with Crippen molar-refractivity contribution < 1.29 is 29.1 Å². The molecule has 0 saturated heterocycles. The number of para-hydroxylation sites is 1. The van der Waals surface area contributed by atoms with Gasteiger partial charge >= 0.3 is 5.97 Å². The van der Waals surface area contributed by atoms with Crippen molar-refractivity contribution >= 4 is 17.4 Å². The number of aliphatic hydroxyl groups is 2. The number of aliphatic carboxylic acids is 1. The Balaban J connectivity index is 1.98. The largest absolute Gasteiger partial charge is 0.481 e. The van der Waals surface area contributed by atoms with Crippen molar-refractivity contribution in [3.05, 3.63) is 77.6 Å². The molecule has 2 aromatic carbocycles. The van der Waals surface area contributed by atoms with Crippen molar-refractivity contribution in [2.75, 3.05) is 0 Å². The normalized spacial score (nSPS) is 18.1. The average Bonchev–Trinajstić information content (AvgIpc) is 3.00. The Morgan fingerprint density at radius 2 is 1.80 bits per heavy atom. The summed E-state index contributed by atoms with van der Waals surface area (Å²) in [5.41, 5.74) is 4.02. The highest BCUT2D eigenvalue weighted by atomic mass is 19.1. The monoisotopic (exact) mass is 412 g/mol. The summed E-state index contributed by atoms with van der Waals surface area (Å²) < 4.78 is 15.7. The maximum absolute atomic E-state index is 13.5. The van der Waals surface area contributed by atoms with Crippen molar-refractivity contribution in [2.45, 2.75) is 50.9 Å². The van der Waals surface area contributed by atoms with Crippen LogP contribution in [0, 0.1) is 5.82 Å². The zero-order chi connectivity index (χ0) is 21.8. The fraction of sp³-hybridized carbons (Fsp3) is 0.333. The number of aliphatic hydroxyl groups excluding tert-OH is 2. The van der Waals surface area contributed by atoms with Crippen LogP contribution in [0.25, 0.3) is 0 Å². The number of rotatable bonds is 8. The van der Waals surface area contributed by atoms with Gasteiger partial charge in [-0.25, -0.2) is 4.39 Å². The van der Waals surface area contributed by atoms with Crippen LogP contribution < -0.4 is 0 Å². The molecular weight excluding hydrogens is 385 g/mol. The minimum Gasteiger partial charge on any atom is -0.481 e. The van der Waals surface area contributed by atoms with Crippen LogP contribution in [0.2, 0.25) is 0 Å². The van der Waals surface area contributed by atoms with Gasteiger partial charge in [0.1, 0.15) is 11.7 Å². The van der Waals surface area contributed by atoms with E-state index in [2.05, 4.69) is 18.4 Å². The first-order valence-electron chi connectivity index (χ1n) is 10.0. The second kappa shape index (κ2) is 9.32. The topological polar surface area (TPSA) is 80.8 Å². The van der Waals surface area contributed by atoms with Crippen molar-refractivity contribution in [1.29, 1.82) is 0 Å². The molecule has 2 aromatic rings. The number of halogens is 1. The predicted octanol–water partition coefficient (Wildman–Crippen LogP) is 3.61. The Kier molecular flexibility index (Phi) is 6.80. The zero-order valence-corrected chi connectivity index (χ0v) is 17.1. The van der Waals surface area contributed by atoms with Gasteiger partial charge < -0.3 is 15.3 Å². The van der Waals surface area contributed by atoms with E-state index in [4.69, 9.17) is 5.11 Å². The molecule has 0 bridgehead atoms. The van der Waals surface area contributed by atoms with Crippen LogP contribution in [0.1, 0.15) is 43.7 Å². The predicted molar refractivity (Wildman–Crippen MR) is 113 cm³/mol. The number of benzene rings is 2. The summed E-state index contributed by atoms with van der Waals surface area (Å²) in [5.74, 6) is -1.54. The van der Waals surface area contributed by atoms with E-state index in [-0.39, 0.29) is 24.2 Å². The number of allylic oxidation sites excluding steroid dienone is 1. The van der Waals surface area contributed by atoms with Crippen LogP contribution >= 0.6 is 0 Å². The van der Waals surface area contributed by atoms with Crippen LogP contribution in [0.5, 0.6) is 0 Å². The molecule has 1 heterocycles. The summed E-state index contributed by atoms with van der Waals surface area (Å²) in [6.45, 7) is 4.15. The molecule has 30 heavy (non-hydrogen) atoms. The number of hydrogen-bond acceptors (Lipinski definition) is 3. The van der Waals surface area contributed by atoms with Gasteiger partial charge in [-0.1, -0.05) is 30.3 Å². The van der Waals surface area contributed by atoms with Crippen LogP contribution in [0.15, 0.2) is 60.7 Å². The van der Waals surface area contributed by atoms with Crippen molar-refractivity contribution in [2.24, 2.45) is 0 Å². The molecule has 0 spiro atoms. The fourth-order valence-electron chi connectivity index (χ4n) is 4.00. The van der Waals surface area contributed by atoms with Gasteiger partial charge in [-0.2, -0.15) is 4.58 Å². The van der Waals surface area contributed by atoms with Crippen molar-refractivity contribution in [3.63, 3.8) is 0 Å². The van der Waals surface area contributed by atoms with Crippen molar-refractivity contribution in [3.8, 4) is 0 Å². The minimum absolute atomic E-state index is 0.0636. The molecule has 1 aliphatic rings. The van der Waals surface area contributed by atoms with Crippen LogP contribution in [0.3, 0.4) is 0 Å². The molecule has 0 aliphatic carbocycles. The Bertz CT molecular complexity index is 965. The van der Waals surface area contributed by atoms with E-state index >= 15 is 0 Å². The summed E-state index contributed by atoms with van der Waals surface area (Å²) in [6.07, 6.45) is 0.819. The highest BCUT2D eigenvalue weighted by molar-refractivity contribution is 6.02. The highest BCUT2D eigenvalue weighted by Gasteiger charge is 2.39. The van der Waals surface area contributed by atoms with Crippen LogP contribution in [-0.2, 0) is 4.79 Å². The first-order valence-corrected chi connectivity index (χ1v) is 10.0. The third-order valence-corrected chi connectivity index (χ3v) is 5.21. The molecule has 6 heteroatoms. The SMILES string of the molecule is CC(C)[N+]1=C(C=CC(O)CC(O)CC(=O)O)C(c2ccc(F)cc2)c2ccccc21. The molecule has 0 amide bonds. The first kappa shape index (κ1) is 21.9. The van der Waals surface area contributed by atoms with E-state index in [1.54, 1.807) is 18.2 Å². The molecule has 158 valence electrons. The van der Waals surface area contributed by atoms with Gasteiger partial charge in [0.2, 0.25) is 5.69 Å². The van der Waals surface area contributed by atoms with E-state index in [0.717, 1.165) is 22.5 Å². The zero-order valence-electron chi connectivity index (χ0n) is 17.1. The Labute approximate surface area is 175 Å². The van der Waals surface area contributed by atoms with Gasteiger partial charge in [0.15, 0.2) is 11.8 Å². The number of carboxylic acids is 1. The third-order valence-electron chi connectivity index (χ3n) is 5.21. The van der Waals surface area contributed by atoms with E-state index in [1.807, 2.05) is 30.3 Å². The molecule has 1 aliphatic heterocycles. The Morgan fingerprint density at radius 1 is 1.13 bits per heavy atom. The number of hydrogen-bond donors (Lipinski definition) is 3. The minimum atomic E-state index is -1.12.